The minimum absolute atomic E-state index is 0.665. The zero-order valence-corrected chi connectivity index (χ0v) is 10.8. The number of rotatable bonds is 2. The van der Waals surface area contributed by atoms with Crippen LogP contribution in [0.25, 0.3) is 0 Å². The molecule has 1 aromatic rings. The van der Waals surface area contributed by atoms with E-state index in [0.717, 1.165) is 5.92 Å². The Kier molecular flexibility index (Phi) is 4.38. The molecule has 0 radical (unpaired) electrons. The molecule has 2 rings (SSSR count). The molecule has 0 N–H and O–H groups in total. The molecule has 0 aromatic heterocycles. The molecule has 0 aliphatic heterocycles. The quantitative estimate of drug-likeness (QED) is 0.634. The molecule has 1 aromatic carbocycles. The molecule has 0 saturated heterocycles. The first kappa shape index (κ1) is 12.3. The monoisotopic (exact) mass is 204 g/mol. The molecule has 1 aliphatic carbocycles. The third-order valence-electron chi connectivity index (χ3n) is 2.97. The van der Waals surface area contributed by atoms with Crippen LogP contribution in [0.1, 0.15) is 69.1 Å². The van der Waals surface area contributed by atoms with Gasteiger partial charge in [-0.1, -0.05) is 45.9 Å². The van der Waals surface area contributed by atoms with Gasteiger partial charge < -0.3 is 0 Å². The lowest BCUT2D eigenvalue weighted by Gasteiger charge is -2.11. The molecule has 0 bridgehead atoms. The Morgan fingerprint density at radius 2 is 1.73 bits per heavy atom. The average Bonchev–Trinajstić information content (AvgIpc) is 3.05. The summed E-state index contributed by atoms with van der Waals surface area (Å²) in [4.78, 5) is 0. The molecule has 0 heterocycles. The van der Waals surface area contributed by atoms with E-state index in [1.807, 2.05) is 13.8 Å². The summed E-state index contributed by atoms with van der Waals surface area (Å²) < 4.78 is 0. The van der Waals surface area contributed by atoms with Crippen molar-refractivity contribution in [2.75, 3.05) is 0 Å². The van der Waals surface area contributed by atoms with E-state index in [-0.39, 0.29) is 0 Å². The molecule has 0 unspecified atom stereocenters. The Balaban J connectivity index is 0.000000531. The van der Waals surface area contributed by atoms with Gasteiger partial charge in [0, 0.05) is 0 Å². The number of benzene rings is 1. The van der Waals surface area contributed by atoms with E-state index >= 15 is 0 Å². The Hall–Kier alpha value is -0.780. The maximum absolute atomic E-state index is 2.41. The number of aryl methyl sites for hydroxylation is 1. The highest BCUT2D eigenvalue weighted by Gasteiger charge is 2.23. The van der Waals surface area contributed by atoms with Crippen molar-refractivity contribution in [1.29, 1.82) is 0 Å². The second-order valence-electron chi connectivity index (χ2n) is 4.54. The van der Waals surface area contributed by atoms with Crippen LogP contribution < -0.4 is 0 Å². The predicted octanol–water partition coefficient (Wildman–Crippen LogP) is 5.02. The second kappa shape index (κ2) is 5.34. The van der Waals surface area contributed by atoms with Crippen LogP contribution in [0, 0.1) is 6.92 Å². The summed E-state index contributed by atoms with van der Waals surface area (Å²) in [6.45, 7) is 10.8. The zero-order valence-electron chi connectivity index (χ0n) is 10.8. The highest BCUT2D eigenvalue weighted by Crippen LogP contribution is 2.41. The van der Waals surface area contributed by atoms with E-state index in [2.05, 4.69) is 39.0 Å². The van der Waals surface area contributed by atoms with Crippen molar-refractivity contribution < 1.29 is 0 Å². The molecule has 0 amide bonds. The van der Waals surface area contributed by atoms with Gasteiger partial charge in [-0.15, -0.1) is 0 Å². The van der Waals surface area contributed by atoms with Gasteiger partial charge in [0.05, 0.1) is 0 Å². The molecule has 1 saturated carbocycles. The zero-order chi connectivity index (χ0) is 11.4. The summed E-state index contributed by atoms with van der Waals surface area (Å²) in [6.07, 6.45) is 2.81. The molecule has 1 aliphatic rings. The minimum atomic E-state index is 0.665. The van der Waals surface area contributed by atoms with Crippen LogP contribution in [-0.2, 0) is 0 Å². The second-order valence-corrected chi connectivity index (χ2v) is 4.54. The van der Waals surface area contributed by atoms with Crippen molar-refractivity contribution >= 4 is 0 Å². The van der Waals surface area contributed by atoms with E-state index in [1.165, 1.54) is 24.0 Å². The molecule has 1 fully saturated rings. The first-order valence-corrected chi connectivity index (χ1v) is 6.29. The van der Waals surface area contributed by atoms with Gasteiger partial charge in [-0.05, 0) is 48.3 Å². The summed E-state index contributed by atoms with van der Waals surface area (Å²) in [6, 6.07) is 7.00. The van der Waals surface area contributed by atoms with Gasteiger partial charge in [-0.2, -0.15) is 0 Å². The number of hydrogen-bond donors (Lipinski definition) is 0. The Morgan fingerprint density at radius 3 is 2.20 bits per heavy atom. The maximum atomic E-state index is 2.41. The molecule has 0 atom stereocenters. The van der Waals surface area contributed by atoms with Crippen molar-refractivity contribution in [3.8, 4) is 0 Å². The lowest BCUT2D eigenvalue weighted by Crippen LogP contribution is -1.93. The molecule has 0 spiro atoms. The van der Waals surface area contributed by atoms with Crippen LogP contribution in [0.3, 0.4) is 0 Å². The summed E-state index contributed by atoms with van der Waals surface area (Å²) in [5.41, 5.74) is 4.54. The Labute approximate surface area is 94.7 Å². The van der Waals surface area contributed by atoms with E-state index in [1.54, 1.807) is 5.56 Å². The summed E-state index contributed by atoms with van der Waals surface area (Å²) >= 11 is 0. The van der Waals surface area contributed by atoms with Crippen molar-refractivity contribution in [2.24, 2.45) is 0 Å². The SMILES string of the molecule is CC.Cc1ccc(C2CC2)cc1C(C)C. The fraction of sp³-hybridized carbons (Fsp3) is 0.600. The van der Waals surface area contributed by atoms with Gasteiger partial charge in [0.2, 0.25) is 0 Å². The van der Waals surface area contributed by atoms with Crippen molar-refractivity contribution in [3.05, 3.63) is 34.9 Å². The normalized spacial score (nSPS) is 14.8. The third kappa shape index (κ3) is 3.09. The number of hydrogen-bond acceptors (Lipinski definition) is 0. The van der Waals surface area contributed by atoms with Gasteiger partial charge >= 0.3 is 0 Å². The fourth-order valence-electron chi connectivity index (χ4n) is 1.95. The first-order valence-electron chi connectivity index (χ1n) is 6.29. The summed E-state index contributed by atoms with van der Waals surface area (Å²) in [5, 5.41) is 0. The molecular weight excluding hydrogens is 180 g/mol. The summed E-state index contributed by atoms with van der Waals surface area (Å²) in [5.74, 6) is 1.55. The van der Waals surface area contributed by atoms with Crippen LogP contribution in [0.4, 0.5) is 0 Å². The minimum Gasteiger partial charge on any atom is -0.0683 e. The van der Waals surface area contributed by atoms with Gasteiger partial charge in [0.25, 0.3) is 0 Å². The lowest BCUT2D eigenvalue weighted by molar-refractivity contribution is 0.851. The van der Waals surface area contributed by atoms with Crippen LogP contribution in [0.15, 0.2) is 18.2 Å². The van der Waals surface area contributed by atoms with E-state index in [9.17, 15) is 0 Å². The van der Waals surface area contributed by atoms with Gasteiger partial charge in [-0.3, -0.25) is 0 Å². The topological polar surface area (TPSA) is 0 Å². The van der Waals surface area contributed by atoms with Crippen LogP contribution in [0.2, 0.25) is 0 Å². The van der Waals surface area contributed by atoms with E-state index in [0.29, 0.717) is 5.92 Å². The molecule has 0 heteroatoms. The molecule has 15 heavy (non-hydrogen) atoms. The highest BCUT2D eigenvalue weighted by molar-refractivity contribution is 5.36. The van der Waals surface area contributed by atoms with E-state index < -0.39 is 0 Å². The van der Waals surface area contributed by atoms with Gasteiger partial charge in [0.15, 0.2) is 0 Å². The van der Waals surface area contributed by atoms with Crippen LogP contribution in [-0.4, -0.2) is 0 Å². The van der Waals surface area contributed by atoms with Crippen molar-refractivity contribution in [3.63, 3.8) is 0 Å². The third-order valence-corrected chi connectivity index (χ3v) is 2.97. The highest BCUT2D eigenvalue weighted by atomic mass is 14.3. The molecular formula is C15H24. The predicted molar refractivity (Wildman–Crippen MR) is 68.6 cm³/mol. The smallest absolute Gasteiger partial charge is 0.0161 e. The Morgan fingerprint density at radius 1 is 1.13 bits per heavy atom. The first-order chi connectivity index (χ1) is 7.18. The molecule has 0 nitrogen and oxygen atoms in total. The van der Waals surface area contributed by atoms with Gasteiger partial charge in [0.1, 0.15) is 0 Å². The van der Waals surface area contributed by atoms with E-state index in [4.69, 9.17) is 0 Å². The fourth-order valence-corrected chi connectivity index (χ4v) is 1.95. The van der Waals surface area contributed by atoms with Crippen molar-refractivity contribution in [2.45, 2.75) is 59.3 Å². The summed E-state index contributed by atoms with van der Waals surface area (Å²) in [7, 11) is 0. The van der Waals surface area contributed by atoms with Crippen LogP contribution in [0.5, 0.6) is 0 Å². The average molecular weight is 204 g/mol. The molecule has 84 valence electrons. The maximum Gasteiger partial charge on any atom is -0.0161 e. The lowest BCUT2D eigenvalue weighted by atomic mass is 9.94. The van der Waals surface area contributed by atoms with Crippen molar-refractivity contribution in [1.82, 2.24) is 0 Å². The van der Waals surface area contributed by atoms with Crippen LogP contribution >= 0.6 is 0 Å². The largest absolute Gasteiger partial charge is 0.0683 e. The Bertz CT molecular complexity index is 306. The van der Waals surface area contributed by atoms with Gasteiger partial charge in [-0.25, -0.2) is 0 Å². The standard InChI is InChI=1S/C13H18.C2H6/c1-9(2)13-8-12(11-6-7-11)5-4-10(13)3;1-2/h4-5,8-9,11H,6-7H2,1-3H3;1-2H3.